The Bertz CT molecular complexity index is 510. The zero-order valence-electron chi connectivity index (χ0n) is 13.0. The number of nitrogens with one attached hydrogen (secondary N) is 1. The van der Waals surface area contributed by atoms with E-state index in [1.165, 1.54) is 0 Å². The van der Waals surface area contributed by atoms with Gasteiger partial charge in [-0.15, -0.1) is 0 Å². The van der Waals surface area contributed by atoms with Crippen molar-refractivity contribution < 1.29 is 9.59 Å². The maximum Gasteiger partial charge on any atom is 0.227 e. The molecule has 21 heavy (non-hydrogen) atoms. The lowest BCUT2D eigenvalue weighted by Gasteiger charge is -2.14. The highest BCUT2D eigenvalue weighted by molar-refractivity contribution is 6.00. The smallest absolute Gasteiger partial charge is 0.227 e. The van der Waals surface area contributed by atoms with Crippen LogP contribution in [0.15, 0.2) is 12.4 Å². The van der Waals surface area contributed by atoms with E-state index in [-0.39, 0.29) is 24.2 Å². The van der Waals surface area contributed by atoms with E-state index >= 15 is 0 Å². The number of hydrogen-bond acceptors (Lipinski definition) is 3. The Morgan fingerprint density at radius 3 is 2.95 bits per heavy atom. The molecule has 1 aromatic rings. The van der Waals surface area contributed by atoms with Crippen LogP contribution in [0.3, 0.4) is 0 Å². The lowest BCUT2D eigenvalue weighted by atomic mass is 10.1. The number of carbonyl (C=O) groups is 2. The van der Waals surface area contributed by atoms with Crippen molar-refractivity contribution in [3.05, 3.63) is 12.4 Å². The van der Waals surface area contributed by atoms with Crippen LogP contribution < -0.4 is 10.2 Å². The molecule has 0 spiro atoms. The van der Waals surface area contributed by atoms with E-state index in [2.05, 4.69) is 24.3 Å². The van der Waals surface area contributed by atoms with E-state index in [1.807, 2.05) is 17.8 Å². The van der Waals surface area contributed by atoms with E-state index in [0.717, 1.165) is 18.7 Å². The Morgan fingerprint density at radius 2 is 2.29 bits per heavy atom. The average Bonchev–Trinajstić information content (AvgIpc) is 3.01. The van der Waals surface area contributed by atoms with Crippen molar-refractivity contribution in [1.29, 1.82) is 0 Å². The molecule has 0 saturated carbocycles. The summed E-state index contributed by atoms with van der Waals surface area (Å²) in [7, 11) is 0. The normalized spacial score (nSPS) is 18.6. The summed E-state index contributed by atoms with van der Waals surface area (Å²) in [6.07, 6.45) is 4.76. The lowest BCUT2D eigenvalue weighted by Crippen LogP contribution is -2.33. The molecule has 1 aromatic heterocycles. The molecule has 1 N–H and O–H groups in total. The minimum atomic E-state index is -0.252. The molecule has 0 aromatic carbocycles. The Morgan fingerprint density at radius 1 is 1.52 bits per heavy atom. The molecule has 1 atom stereocenters. The molecule has 1 saturated heterocycles. The quantitative estimate of drug-likeness (QED) is 0.862. The van der Waals surface area contributed by atoms with Gasteiger partial charge in [-0.05, 0) is 12.3 Å². The van der Waals surface area contributed by atoms with Gasteiger partial charge in [-0.2, -0.15) is 5.10 Å². The molecule has 0 unspecified atom stereocenters. The highest BCUT2D eigenvalue weighted by atomic mass is 16.2. The van der Waals surface area contributed by atoms with Gasteiger partial charge in [-0.25, -0.2) is 0 Å². The zero-order chi connectivity index (χ0) is 15.4. The molecule has 2 rings (SSSR count). The monoisotopic (exact) mass is 292 g/mol. The molecule has 2 heterocycles. The Labute approximate surface area is 125 Å². The van der Waals surface area contributed by atoms with Gasteiger partial charge >= 0.3 is 0 Å². The van der Waals surface area contributed by atoms with Crippen LogP contribution in [0.2, 0.25) is 0 Å². The van der Waals surface area contributed by atoms with Crippen molar-refractivity contribution in [3.8, 4) is 0 Å². The molecule has 0 aliphatic carbocycles. The standard InChI is InChI=1S/C15H24N4O2/c1-4-5-16-15(21)12-6-14(20)19(9-12)13-7-17-18(10-13)8-11(2)3/h7,10-12H,4-6,8-9H2,1-3H3,(H,16,21)/t12-/m1/s1. The van der Waals surface area contributed by atoms with Crippen molar-refractivity contribution in [3.63, 3.8) is 0 Å². The Kier molecular flexibility index (Phi) is 4.98. The average molecular weight is 292 g/mol. The molecular formula is C15H24N4O2. The first-order chi connectivity index (χ1) is 10.0. The number of carbonyl (C=O) groups excluding carboxylic acids is 2. The third kappa shape index (κ3) is 3.83. The van der Waals surface area contributed by atoms with E-state index in [1.54, 1.807) is 11.1 Å². The summed E-state index contributed by atoms with van der Waals surface area (Å²) in [6, 6.07) is 0. The minimum absolute atomic E-state index is 0.00394. The maximum atomic E-state index is 12.1. The SMILES string of the molecule is CCCNC(=O)[C@@H]1CC(=O)N(c2cnn(CC(C)C)c2)C1. The van der Waals surface area contributed by atoms with E-state index in [4.69, 9.17) is 0 Å². The van der Waals surface area contributed by atoms with Crippen LogP contribution in [0, 0.1) is 11.8 Å². The molecule has 1 fully saturated rings. The van der Waals surface area contributed by atoms with Crippen LogP contribution in [0.25, 0.3) is 0 Å². The zero-order valence-corrected chi connectivity index (χ0v) is 13.0. The van der Waals surface area contributed by atoms with E-state index < -0.39 is 0 Å². The molecule has 1 aliphatic rings. The summed E-state index contributed by atoms with van der Waals surface area (Å²) in [5.41, 5.74) is 0.784. The van der Waals surface area contributed by atoms with Gasteiger partial charge < -0.3 is 10.2 Å². The van der Waals surface area contributed by atoms with Crippen LogP contribution in [0.5, 0.6) is 0 Å². The van der Waals surface area contributed by atoms with Gasteiger partial charge in [0.1, 0.15) is 0 Å². The third-order valence-electron chi connectivity index (χ3n) is 3.53. The first kappa shape index (κ1) is 15.5. The summed E-state index contributed by atoms with van der Waals surface area (Å²) < 4.78 is 1.85. The van der Waals surface area contributed by atoms with Crippen molar-refractivity contribution >= 4 is 17.5 Å². The number of anilines is 1. The second kappa shape index (κ2) is 6.74. The van der Waals surface area contributed by atoms with Crippen LogP contribution in [-0.4, -0.2) is 34.7 Å². The molecule has 0 radical (unpaired) electrons. The van der Waals surface area contributed by atoms with Gasteiger partial charge in [0.15, 0.2) is 0 Å². The summed E-state index contributed by atoms with van der Waals surface area (Å²) in [4.78, 5) is 25.7. The van der Waals surface area contributed by atoms with Crippen LogP contribution in [-0.2, 0) is 16.1 Å². The summed E-state index contributed by atoms with van der Waals surface area (Å²) in [5, 5.41) is 7.14. The molecule has 0 bridgehead atoms. The fourth-order valence-corrected chi connectivity index (χ4v) is 2.49. The number of nitrogens with zero attached hydrogens (tertiary/aromatic N) is 3. The van der Waals surface area contributed by atoms with Gasteiger partial charge in [0.05, 0.1) is 17.8 Å². The molecule has 1 aliphatic heterocycles. The number of amides is 2. The predicted molar refractivity (Wildman–Crippen MR) is 80.8 cm³/mol. The third-order valence-corrected chi connectivity index (χ3v) is 3.53. The topological polar surface area (TPSA) is 67.2 Å². The number of aromatic nitrogens is 2. The maximum absolute atomic E-state index is 12.1. The molecule has 6 nitrogen and oxygen atoms in total. The first-order valence-corrected chi connectivity index (χ1v) is 7.61. The van der Waals surface area contributed by atoms with Crippen molar-refractivity contribution in [2.24, 2.45) is 11.8 Å². The molecule has 116 valence electrons. The van der Waals surface area contributed by atoms with Gasteiger partial charge in [-0.1, -0.05) is 20.8 Å². The minimum Gasteiger partial charge on any atom is -0.356 e. The van der Waals surface area contributed by atoms with Crippen LogP contribution >= 0.6 is 0 Å². The molecular weight excluding hydrogens is 268 g/mol. The summed E-state index contributed by atoms with van der Waals surface area (Å²) in [6.45, 7) is 8.18. The second-order valence-corrected chi connectivity index (χ2v) is 6.01. The van der Waals surface area contributed by atoms with Crippen LogP contribution in [0.4, 0.5) is 5.69 Å². The van der Waals surface area contributed by atoms with Gasteiger partial charge in [0.25, 0.3) is 0 Å². The van der Waals surface area contributed by atoms with Gasteiger partial charge in [-0.3, -0.25) is 14.3 Å². The lowest BCUT2D eigenvalue weighted by molar-refractivity contribution is -0.126. The number of rotatable bonds is 6. The Balaban J connectivity index is 1.99. The highest BCUT2D eigenvalue weighted by Gasteiger charge is 2.35. The molecule has 2 amide bonds. The van der Waals surface area contributed by atoms with E-state index in [0.29, 0.717) is 19.0 Å². The first-order valence-electron chi connectivity index (χ1n) is 7.61. The van der Waals surface area contributed by atoms with Crippen molar-refractivity contribution in [1.82, 2.24) is 15.1 Å². The highest BCUT2D eigenvalue weighted by Crippen LogP contribution is 2.25. The predicted octanol–water partition coefficient (Wildman–Crippen LogP) is 1.42. The summed E-state index contributed by atoms with van der Waals surface area (Å²) in [5.74, 6) is 0.218. The Hall–Kier alpha value is -1.85. The van der Waals surface area contributed by atoms with Gasteiger partial charge in [0.2, 0.25) is 11.8 Å². The fourth-order valence-electron chi connectivity index (χ4n) is 2.49. The fraction of sp³-hybridized carbons (Fsp3) is 0.667. The van der Waals surface area contributed by atoms with Gasteiger partial charge in [0, 0.05) is 32.3 Å². The number of hydrogen-bond donors (Lipinski definition) is 1. The van der Waals surface area contributed by atoms with Crippen molar-refractivity contribution in [2.45, 2.75) is 40.2 Å². The van der Waals surface area contributed by atoms with Crippen LogP contribution in [0.1, 0.15) is 33.6 Å². The molecule has 6 heteroatoms. The summed E-state index contributed by atoms with van der Waals surface area (Å²) >= 11 is 0. The second-order valence-electron chi connectivity index (χ2n) is 6.01. The van der Waals surface area contributed by atoms with E-state index in [9.17, 15) is 9.59 Å². The van der Waals surface area contributed by atoms with Crippen molar-refractivity contribution in [2.75, 3.05) is 18.0 Å². The largest absolute Gasteiger partial charge is 0.356 e.